The van der Waals surface area contributed by atoms with Crippen molar-refractivity contribution in [3.05, 3.63) is 67.0 Å². The van der Waals surface area contributed by atoms with Crippen LogP contribution in [-0.4, -0.2) is 50.8 Å². The second-order valence-electron chi connectivity index (χ2n) is 6.37. The Morgan fingerprint density at radius 2 is 1.97 bits per heavy atom. The number of ether oxygens (including phenoxy) is 3. The van der Waals surface area contributed by atoms with Gasteiger partial charge in [-0.25, -0.2) is 9.59 Å². The fourth-order valence-electron chi connectivity index (χ4n) is 3.24. The van der Waals surface area contributed by atoms with Gasteiger partial charge in [0.05, 0.1) is 48.4 Å². The zero-order chi connectivity index (χ0) is 23.1. The molecule has 0 radical (unpaired) electrons. The third-order valence-electron chi connectivity index (χ3n) is 4.69. The Kier molecular flexibility index (Phi) is 8.62. The van der Waals surface area contributed by atoms with Gasteiger partial charge in [-0.15, -0.1) is 0 Å². The van der Waals surface area contributed by atoms with Gasteiger partial charge in [0.2, 0.25) is 5.88 Å². The number of rotatable bonds is 8. The number of methoxy groups -OCH3 is 1. The van der Waals surface area contributed by atoms with Gasteiger partial charge < -0.3 is 19.1 Å². The maximum atomic E-state index is 13.1. The zero-order valence-electron chi connectivity index (χ0n) is 17.5. The van der Waals surface area contributed by atoms with Crippen LogP contribution in [0.1, 0.15) is 25.3 Å². The molecule has 2 rings (SSSR count). The Balaban J connectivity index is 2.80. The quantitative estimate of drug-likeness (QED) is 0.181. The van der Waals surface area contributed by atoms with Gasteiger partial charge in [-0.3, -0.25) is 0 Å². The largest absolute Gasteiger partial charge is 0.478 e. The van der Waals surface area contributed by atoms with Crippen LogP contribution in [0.2, 0.25) is 10.0 Å². The van der Waals surface area contributed by atoms with Crippen molar-refractivity contribution in [2.75, 3.05) is 33.9 Å². The summed E-state index contributed by atoms with van der Waals surface area (Å²) in [6.45, 7) is 3.50. The number of nitrogens with zero attached hydrogens (tertiary/aromatic N) is 4. The topological polar surface area (TPSA) is 114 Å². The Bertz CT molecular complexity index is 986. The standard InChI is InChI=1S/C20H22Cl2N4O5/c1-5-30-20(28)16-15(12-7-6-8-13(21)17(12)22)14(19(27)29-4)11(2)26(3)18(16)31-10-9-24-25-23/h6-8,15H,5,9-10H2,1-4H3. The smallest absolute Gasteiger partial charge is 0.340 e. The molecule has 31 heavy (non-hydrogen) atoms. The van der Waals surface area contributed by atoms with Crippen molar-refractivity contribution in [2.24, 2.45) is 5.11 Å². The van der Waals surface area contributed by atoms with Crippen LogP contribution in [0.5, 0.6) is 0 Å². The first-order valence-electron chi connectivity index (χ1n) is 9.31. The van der Waals surface area contributed by atoms with E-state index in [1.54, 1.807) is 44.0 Å². The second-order valence-corrected chi connectivity index (χ2v) is 7.15. The van der Waals surface area contributed by atoms with Crippen molar-refractivity contribution in [1.29, 1.82) is 0 Å². The third kappa shape index (κ3) is 5.07. The van der Waals surface area contributed by atoms with Gasteiger partial charge >= 0.3 is 11.9 Å². The minimum atomic E-state index is -0.955. The number of azide groups is 1. The van der Waals surface area contributed by atoms with E-state index in [-0.39, 0.29) is 46.8 Å². The van der Waals surface area contributed by atoms with Crippen LogP contribution in [0.15, 0.2) is 46.0 Å². The average Bonchev–Trinajstić information content (AvgIpc) is 2.75. The molecule has 0 saturated carbocycles. The number of halogens is 2. The van der Waals surface area contributed by atoms with Crippen molar-refractivity contribution < 1.29 is 23.8 Å². The summed E-state index contributed by atoms with van der Waals surface area (Å²) < 4.78 is 16.1. The number of benzene rings is 1. The van der Waals surface area contributed by atoms with E-state index >= 15 is 0 Å². The fraction of sp³-hybridized carbons (Fsp3) is 0.400. The summed E-state index contributed by atoms with van der Waals surface area (Å²) in [4.78, 5) is 30.1. The van der Waals surface area contributed by atoms with Crippen molar-refractivity contribution >= 4 is 35.1 Å². The number of esters is 2. The molecule has 166 valence electrons. The molecule has 0 spiro atoms. The van der Waals surface area contributed by atoms with Crippen molar-refractivity contribution in [3.63, 3.8) is 0 Å². The minimum Gasteiger partial charge on any atom is -0.478 e. The van der Waals surface area contributed by atoms with Crippen molar-refractivity contribution in [3.8, 4) is 0 Å². The van der Waals surface area contributed by atoms with Crippen LogP contribution in [0.3, 0.4) is 0 Å². The van der Waals surface area contributed by atoms with Gasteiger partial charge in [-0.2, -0.15) is 0 Å². The summed E-state index contributed by atoms with van der Waals surface area (Å²) in [5.74, 6) is -2.13. The van der Waals surface area contributed by atoms with Gasteiger partial charge in [-0.05, 0) is 31.0 Å². The van der Waals surface area contributed by atoms with Crippen LogP contribution < -0.4 is 0 Å². The summed E-state index contributed by atoms with van der Waals surface area (Å²) in [6.07, 6.45) is 0. The maximum absolute atomic E-state index is 13.1. The number of carbonyl (C=O) groups is 2. The molecule has 1 unspecified atom stereocenters. The van der Waals surface area contributed by atoms with Crippen LogP contribution in [-0.2, 0) is 23.8 Å². The predicted octanol–water partition coefficient (Wildman–Crippen LogP) is 4.57. The molecular weight excluding hydrogens is 447 g/mol. The van der Waals surface area contributed by atoms with Gasteiger partial charge in [0, 0.05) is 17.7 Å². The lowest BCUT2D eigenvalue weighted by Crippen LogP contribution is -2.35. The molecule has 1 aliphatic rings. The number of allylic oxidation sites excluding steroid dienone is 1. The molecule has 1 heterocycles. The SMILES string of the molecule is CCOC(=O)C1=C(OCCN=[N+]=[N-])N(C)C(C)=C(C(=O)OC)C1c1cccc(Cl)c1Cl. The van der Waals surface area contributed by atoms with E-state index in [0.29, 0.717) is 11.3 Å². The van der Waals surface area contributed by atoms with E-state index in [2.05, 4.69) is 10.0 Å². The van der Waals surface area contributed by atoms with E-state index in [0.717, 1.165) is 0 Å². The number of hydrogen-bond acceptors (Lipinski definition) is 7. The van der Waals surface area contributed by atoms with Crippen LogP contribution in [0, 0.1) is 0 Å². The summed E-state index contributed by atoms with van der Waals surface area (Å²) >= 11 is 12.7. The van der Waals surface area contributed by atoms with Gasteiger partial charge in [0.1, 0.15) is 5.57 Å². The number of carbonyl (C=O) groups excluding carboxylic acids is 2. The normalized spacial score (nSPS) is 16.1. The zero-order valence-corrected chi connectivity index (χ0v) is 19.0. The number of hydrogen-bond donors (Lipinski definition) is 0. The first kappa shape index (κ1) is 24.4. The van der Waals surface area contributed by atoms with E-state index in [1.807, 2.05) is 0 Å². The van der Waals surface area contributed by atoms with Crippen LogP contribution in [0.4, 0.5) is 0 Å². The highest BCUT2D eigenvalue weighted by Crippen LogP contribution is 2.45. The molecule has 0 aromatic heterocycles. The highest BCUT2D eigenvalue weighted by atomic mass is 35.5. The van der Waals surface area contributed by atoms with Gasteiger partial charge in [0.15, 0.2) is 0 Å². The molecule has 0 bridgehead atoms. The molecule has 1 aromatic rings. The summed E-state index contributed by atoms with van der Waals surface area (Å²) in [6, 6.07) is 4.93. The van der Waals surface area contributed by atoms with Crippen molar-refractivity contribution in [2.45, 2.75) is 19.8 Å². The molecule has 0 amide bonds. The van der Waals surface area contributed by atoms with Gasteiger partial charge in [0.25, 0.3) is 0 Å². The lowest BCUT2D eigenvalue weighted by molar-refractivity contribution is -0.139. The summed E-state index contributed by atoms with van der Waals surface area (Å²) in [5, 5.41) is 3.88. The molecule has 9 nitrogen and oxygen atoms in total. The first-order chi connectivity index (χ1) is 14.8. The predicted molar refractivity (Wildman–Crippen MR) is 115 cm³/mol. The van der Waals surface area contributed by atoms with Crippen LogP contribution >= 0.6 is 23.2 Å². The third-order valence-corrected chi connectivity index (χ3v) is 5.53. The van der Waals surface area contributed by atoms with Crippen molar-refractivity contribution in [1.82, 2.24) is 4.90 Å². The van der Waals surface area contributed by atoms with E-state index in [1.165, 1.54) is 7.11 Å². The molecule has 0 saturated heterocycles. The molecule has 0 aliphatic carbocycles. The monoisotopic (exact) mass is 468 g/mol. The maximum Gasteiger partial charge on any atom is 0.340 e. The molecule has 11 heteroatoms. The summed E-state index contributed by atoms with van der Waals surface area (Å²) in [7, 11) is 2.88. The Hall–Kier alpha value is -2.87. The molecule has 1 aromatic carbocycles. The minimum absolute atomic E-state index is 0.00345. The highest BCUT2D eigenvalue weighted by Gasteiger charge is 2.43. The fourth-order valence-corrected chi connectivity index (χ4v) is 3.65. The lowest BCUT2D eigenvalue weighted by atomic mass is 9.81. The Morgan fingerprint density at radius 3 is 2.58 bits per heavy atom. The van der Waals surface area contributed by atoms with Gasteiger partial charge in [-0.1, -0.05) is 40.4 Å². The second kappa shape index (κ2) is 10.9. The van der Waals surface area contributed by atoms with Crippen LogP contribution in [0.25, 0.3) is 10.4 Å². The Labute approximate surface area is 189 Å². The first-order valence-corrected chi connectivity index (χ1v) is 10.1. The molecule has 0 fully saturated rings. The molecule has 1 atom stereocenters. The van der Waals surface area contributed by atoms with E-state index in [4.69, 9.17) is 42.9 Å². The highest BCUT2D eigenvalue weighted by molar-refractivity contribution is 6.42. The molecule has 1 aliphatic heterocycles. The van der Waals surface area contributed by atoms with E-state index in [9.17, 15) is 9.59 Å². The average molecular weight is 469 g/mol. The molecule has 0 N–H and O–H groups in total. The molecular formula is C20H22Cl2N4O5. The Morgan fingerprint density at radius 1 is 1.26 bits per heavy atom. The summed E-state index contributed by atoms with van der Waals surface area (Å²) in [5.41, 5.74) is 9.65. The lowest BCUT2D eigenvalue weighted by Gasteiger charge is -2.36. The van der Waals surface area contributed by atoms with E-state index < -0.39 is 17.9 Å².